The Labute approximate surface area is 158 Å². The molecule has 2 aromatic rings. The second-order valence-corrected chi connectivity index (χ2v) is 7.70. The van der Waals surface area contributed by atoms with Crippen LogP contribution in [0.3, 0.4) is 0 Å². The van der Waals surface area contributed by atoms with Crippen molar-refractivity contribution in [2.24, 2.45) is 4.99 Å². The van der Waals surface area contributed by atoms with Gasteiger partial charge >= 0.3 is 0 Å². The summed E-state index contributed by atoms with van der Waals surface area (Å²) < 4.78 is 32.1. The van der Waals surface area contributed by atoms with Gasteiger partial charge in [-0.25, -0.2) is 8.42 Å². The standard InChI is InChI=1S/C19H21N3O4S/c1-3-26-15-8-6-7-14(11-15)12-20-19(23)13(2)21-18-16-9-4-5-10-17(16)27(24,25)22-18/h4-11,13H,3,12H2,1-2H3,(H,20,23)(H,21,22)/t13-/m0/s1. The smallest absolute Gasteiger partial charge is 0.263 e. The summed E-state index contributed by atoms with van der Waals surface area (Å²) in [6, 6.07) is 13.3. The number of ether oxygens (including phenoxy) is 1. The normalized spacial score (nSPS) is 17.0. The van der Waals surface area contributed by atoms with Crippen LogP contribution in [-0.4, -0.2) is 32.8 Å². The van der Waals surface area contributed by atoms with Crippen LogP contribution in [0.4, 0.5) is 0 Å². The van der Waals surface area contributed by atoms with Crippen molar-refractivity contribution >= 4 is 21.8 Å². The summed E-state index contributed by atoms with van der Waals surface area (Å²) in [6.45, 7) is 4.43. The summed E-state index contributed by atoms with van der Waals surface area (Å²) in [4.78, 5) is 16.8. The largest absolute Gasteiger partial charge is 0.494 e. The van der Waals surface area contributed by atoms with Gasteiger partial charge in [-0.2, -0.15) is 0 Å². The molecular formula is C19H21N3O4S. The van der Waals surface area contributed by atoms with E-state index >= 15 is 0 Å². The van der Waals surface area contributed by atoms with Gasteiger partial charge in [0.2, 0.25) is 5.91 Å². The molecule has 1 amide bonds. The Morgan fingerprint density at radius 1 is 1.22 bits per heavy atom. The second kappa shape index (κ2) is 7.79. The van der Waals surface area contributed by atoms with Crippen molar-refractivity contribution in [2.75, 3.05) is 6.61 Å². The van der Waals surface area contributed by atoms with Crippen LogP contribution in [0.5, 0.6) is 5.75 Å². The van der Waals surface area contributed by atoms with Gasteiger partial charge in [-0.05, 0) is 43.7 Å². The fourth-order valence-corrected chi connectivity index (χ4v) is 3.97. The maximum absolute atomic E-state index is 12.4. The average Bonchev–Trinajstić information content (AvgIpc) is 2.91. The Kier molecular flexibility index (Phi) is 5.46. The fourth-order valence-electron chi connectivity index (χ4n) is 2.73. The molecule has 0 spiro atoms. The van der Waals surface area contributed by atoms with Crippen LogP contribution >= 0.6 is 0 Å². The highest BCUT2D eigenvalue weighted by atomic mass is 32.2. The molecular weight excluding hydrogens is 366 g/mol. The van der Waals surface area contributed by atoms with Crippen molar-refractivity contribution in [3.63, 3.8) is 0 Å². The molecule has 27 heavy (non-hydrogen) atoms. The molecule has 0 saturated carbocycles. The lowest BCUT2D eigenvalue weighted by molar-refractivity contribution is -0.122. The minimum atomic E-state index is -3.62. The number of carbonyl (C=O) groups is 1. The van der Waals surface area contributed by atoms with Gasteiger partial charge < -0.3 is 10.1 Å². The summed E-state index contributed by atoms with van der Waals surface area (Å²) in [6.07, 6.45) is 0. The van der Waals surface area contributed by atoms with Gasteiger partial charge in [-0.15, -0.1) is 0 Å². The van der Waals surface area contributed by atoms with Crippen LogP contribution in [0.15, 0.2) is 58.4 Å². The molecule has 8 heteroatoms. The molecule has 142 valence electrons. The van der Waals surface area contributed by atoms with Gasteiger partial charge in [-0.1, -0.05) is 24.3 Å². The van der Waals surface area contributed by atoms with Crippen LogP contribution in [-0.2, 0) is 21.4 Å². The molecule has 0 fully saturated rings. The number of rotatable bonds is 6. The van der Waals surface area contributed by atoms with Crippen LogP contribution in [0.2, 0.25) is 0 Å². The number of hydrogen-bond donors (Lipinski definition) is 2. The van der Waals surface area contributed by atoms with E-state index in [1.54, 1.807) is 25.1 Å². The van der Waals surface area contributed by atoms with Gasteiger partial charge in [0, 0.05) is 12.1 Å². The lowest BCUT2D eigenvalue weighted by atomic mass is 10.2. The van der Waals surface area contributed by atoms with Crippen molar-refractivity contribution in [2.45, 2.75) is 31.3 Å². The Bertz CT molecular complexity index is 986. The van der Waals surface area contributed by atoms with Gasteiger partial charge in [0.05, 0.1) is 11.5 Å². The minimum Gasteiger partial charge on any atom is -0.494 e. The first-order valence-electron chi connectivity index (χ1n) is 8.60. The van der Waals surface area contributed by atoms with E-state index in [1.165, 1.54) is 6.07 Å². The number of nitrogens with zero attached hydrogens (tertiary/aromatic N) is 1. The van der Waals surface area contributed by atoms with Gasteiger partial charge in [0.1, 0.15) is 17.6 Å². The third-order valence-corrected chi connectivity index (χ3v) is 5.44. The maximum Gasteiger partial charge on any atom is 0.263 e. The monoisotopic (exact) mass is 387 g/mol. The number of amidine groups is 1. The fraction of sp³-hybridized carbons (Fsp3) is 0.263. The lowest BCUT2D eigenvalue weighted by Crippen LogP contribution is -2.33. The van der Waals surface area contributed by atoms with Crippen LogP contribution < -0.4 is 14.8 Å². The molecule has 1 atom stereocenters. The predicted octanol–water partition coefficient (Wildman–Crippen LogP) is 1.83. The first-order chi connectivity index (χ1) is 12.9. The first kappa shape index (κ1) is 18.9. The van der Waals surface area contributed by atoms with Crippen molar-refractivity contribution in [1.82, 2.24) is 10.0 Å². The van der Waals surface area contributed by atoms with Crippen molar-refractivity contribution < 1.29 is 17.9 Å². The summed E-state index contributed by atoms with van der Waals surface area (Å²) in [5, 5.41) is 2.81. The molecule has 1 heterocycles. The van der Waals surface area contributed by atoms with Gasteiger partial charge in [0.25, 0.3) is 10.0 Å². The number of benzene rings is 2. The third-order valence-electron chi connectivity index (χ3n) is 4.04. The summed E-state index contributed by atoms with van der Waals surface area (Å²) in [7, 11) is -3.62. The average molecular weight is 387 g/mol. The Morgan fingerprint density at radius 2 is 2.00 bits per heavy atom. The highest BCUT2D eigenvalue weighted by Gasteiger charge is 2.31. The van der Waals surface area contributed by atoms with E-state index < -0.39 is 16.1 Å². The van der Waals surface area contributed by atoms with E-state index in [2.05, 4.69) is 15.0 Å². The molecule has 2 aromatic carbocycles. The number of amides is 1. The minimum absolute atomic E-state index is 0.170. The van der Waals surface area contributed by atoms with E-state index in [0.717, 1.165) is 11.3 Å². The predicted molar refractivity (Wildman–Crippen MR) is 102 cm³/mol. The molecule has 0 bridgehead atoms. The molecule has 0 radical (unpaired) electrons. The highest BCUT2D eigenvalue weighted by Crippen LogP contribution is 2.22. The Hall–Kier alpha value is -2.87. The first-order valence-corrected chi connectivity index (χ1v) is 10.1. The number of hydrogen-bond acceptors (Lipinski definition) is 5. The molecule has 7 nitrogen and oxygen atoms in total. The molecule has 2 N–H and O–H groups in total. The topological polar surface area (TPSA) is 96.9 Å². The molecule has 0 aliphatic carbocycles. The molecule has 1 aliphatic rings. The van der Waals surface area contributed by atoms with Crippen LogP contribution in [0, 0.1) is 0 Å². The van der Waals surface area contributed by atoms with Gasteiger partial charge in [0.15, 0.2) is 0 Å². The van der Waals surface area contributed by atoms with E-state index in [1.807, 2.05) is 31.2 Å². The van der Waals surface area contributed by atoms with Crippen LogP contribution in [0.25, 0.3) is 0 Å². The number of nitrogens with one attached hydrogen (secondary N) is 2. The molecule has 0 aromatic heterocycles. The zero-order valence-corrected chi connectivity index (χ0v) is 15.9. The summed E-state index contributed by atoms with van der Waals surface area (Å²) in [5.41, 5.74) is 1.38. The number of aliphatic imine (C=N–C) groups is 1. The lowest BCUT2D eigenvalue weighted by Gasteiger charge is -2.11. The molecule has 0 unspecified atom stereocenters. The third kappa shape index (κ3) is 4.28. The Morgan fingerprint density at radius 3 is 2.78 bits per heavy atom. The SMILES string of the molecule is CCOc1cccc(CNC(=O)[C@H](C)N=C2NS(=O)(=O)c3ccccc32)c1. The molecule has 1 aliphatic heterocycles. The molecule has 3 rings (SSSR count). The van der Waals surface area contributed by atoms with E-state index in [-0.39, 0.29) is 16.6 Å². The van der Waals surface area contributed by atoms with E-state index in [4.69, 9.17) is 4.74 Å². The van der Waals surface area contributed by atoms with Crippen molar-refractivity contribution in [3.05, 3.63) is 59.7 Å². The number of carbonyl (C=O) groups excluding carboxylic acids is 1. The van der Waals surface area contributed by atoms with Crippen LogP contribution in [0.1, 0.15) is 25.0 Å². The zero-order valence-electron chi connectivity index (χ0n) is 15.1. The quantitative estimate of drug-likeness (QED) is 0.790. The van der Waals surface area contributed by atoms with Crippen molar-refractivity contribution in [1.29, 1.82) is 0 Å². The van der Waals surface area contributed by atoms with Gasteiger partial charge in [-0.3, -0.25) is 14.5 Å². The summed E-state index contributed by atoms with van der Waals surface area (Å²) >= 11 is 0. The highest BCUT2D eigenvalue weighted by molar-refractivity contribution is 7.90. The maximum atomic E-state index is 12.4. The second-order valence-electron chi connectivity index (χ2n) is 6.05. The zero-order chi connectivity index (χ0) is 19.4. The molecule has 0 saturated heterocycles. The van der Waals surface area contributed by atoms with E-state index in [9.17, 15) is 13.2 Å². The van der Waals surface area contributed by atoms with Crippen molar-refractivity contribution in [3.8, 4) is 5.75 Å². The Balaban J connectivity index is 1.68. The van der Waals surface area contributed by atoms with E-state index in [0.29, 0.717) is 18.7 Å². The number of sulfonamides is 1. The number of fused-ring (bicyclic) bond motifs is 1. The summed E-state index contributed by atoms with van der Waals surface area (Å²) in [5.74, 6) is 0.633.